The molecule has 0 fully saturated rings. The van der Waals surface area contributed by atoms with Crippen molar-refractivity contribution in [3.05, 3.63) is 0 Å². The third-order valence-corrected chi connectivity index (χ3v) is 8.22. The lowest BCUT2D eigenvalue weighted by Gasteiger charge is -2.19. The number of ether oxygens (including phenoxy) is 2. The minimum Gasteiger partial charge on any atom is -0.360 e. The summed E-state index contributed by atoms with van der Waals surface area (Å²) in [6, 6.07) is 1.31. The molecule has 0 heterocycles. The number of rotatable bonds is 6. The summed E-state index contributed by atoms with van der Waals surface area (Å²) < 4.78 is 10.4. The van der Waals surface area contributed by atoms with Crippen molar-refractivity contribution < 1.29 is 9.47 Å². The summed E-state index contributed by atoms with van der Waals surface area (Å²) in [6.45, 7) is 0. The van der Waals surface area contributed by atoms with Crippen LogP contribution in [-0.4, -0.2) is 44.0 Å². The minimum atomic E-state index is -0.689. The maximum absolute atomic E-state index is 5.21. The topological polar surface area (TPSA) is 18.5 Å². The molecule has 0 saturated carbocycles. The Labute approximate surface area is 78.9 Å². The Morgan fingerprint density at radius 3 is 2.36 bits per heavy atom. The number of hydrogen-bond donors (Lipinski definition) is 1. The van der Waals surface area contributed by atoms with Gasteiger partial charge in [-0.25, -0.2) is 0 Å². The molecule has 1 unspecified atom stereocenters. The summed E-state index contributed by atoms with van der Waals surface area (Å²) in [5.41, 5.74) is 0. The van der Waals surface area contributed by atoms with Gasteiger partial charge in [0.1, 0.15) is 5.91 Å². The van der Waals surface area contributed by atoms with E-state index in [-0.39, 0.29) is 5.91 Å². The normalized spacial score (nSPS) is 14.2. The molecule has 1 atom stereocenters. The van der Waals surface area contributed by atoms with Crippen LogP contribution in [0.15, 0.2) is 0 Å². The van der Waals surface area contributed by atoms with Crippen LogP contribution in [0.5, 0.6) is 0 Å². The van der Waals surface area contributed by atoms with Gasteiger partial charge >= 0.3 is 0 Å². The average molecular weight is 210 g/mol. The molecule has 0 amide bonds. The van der Waals surface area contributed by atoms with Gasteiger partial charge < -0.3 is 9.47 Å². The van der Waals surface area contributed by atoms with Crippen LogP contribution in [0, 0.1) is 0 Å². The smallest absolute Gasteiger partial charge is 0.134 e. The number of hydrogen-bond acceptors (Lipinski definition) is 3. The van der Waals surface area contributed by atoms with Crippen LogP contribution in [0.2, 0.25) is 6.04 Å². The highest BCUT2D eigenvalue weighted by molar-refractivity contribution is 7.80. The zero-order valence-electron chi connectivity index (χ0n) is 7.54. The van der Waals surface area contributed by atoms with Gasteiger partial charge in [-0.2, -0.15) is 12.6 Å². The molecule has 0 rings (SSSR count). The molecular formula is C6H18O2SSi2. The number of methoxy groups -OCH3 is 2. The molecule has 11 heavy (non-hydrogen) atoms. The molecule has 68 valence electrons. The molecule has 0 saturated heterocycles. The predicted molar refractivity (Wildman–Crippen MR) is 58.2 cm³/mol. The van der Waals surface area contributed by atoms with Gasteiger partial charge in [-0.1, -0.05) is 6.04 Å². The molecule has 0 radical (unpaired) electrons. The molecule has 0 aromatic carbocycles. The molecule has 0 aromatic heterocycles. The third-order valence-electron chi connectivity index (χ3n) is 1.75. The Hall–Kier alpha value is 0.704. The zero-order valence-corrected chi connectivity index (χ0v) is 11.6. The highest BCUT2D eigenvalue weighted by Crippen LogP contribution is 2.03. The summed E-state index contributed by atoms with van der Waals surface area (Å²) in [6.07, 6.45) is 1.21. The van der Waals surface area contributed by atoms with E-state index in [1.54, 1.807) is 14.2 Å². The SMILES string of the molecule is COC(OC)[SiH]([SiH3])CCCS. The van der Waals surface area contributed by atoms with Gasteiger partial charge in [-0.3, -0.25) is 0 Å². The van der Waals surface area contributed by atoms with Crippen LogP contribution in [0.1, 0.15) is 6.42 Å². The molecule has 0 bridgehead atoms. The van der Waals surface area contributed by atoms with Crippen molar-refractivity contribution in [3.63, 3.8) is 0 Å². The lowest BCUT2D eigenvalue weighted by Crippen LogP contribution is -2.34. The van der Waals surface area contributed by atoms with Crippen molar-refractivity contribution in [3.8, 4) is 0 Å². The predicted octanol–water partition coefficient (Wildman–Crippen LogP) is -0.446. The van der Waals surface area contributed by atoms with Crippen molar-refractivity contribution in [2.45, 2.75) is 18.4 Å². The second kappa shape index (κ2) is 7.36. The minimum absolute atomic E-state index is 0.140. The van der Waals surface area contributed by atoms with E-state index in [1.165, 1.54) is 22.2 Å². The van der Waals surface area contributed by atoms with Crippen LogP contribution in [0.4, 0.5) is 0 Å². The first kappa shape index (κ1) is 11.7. The monoisotopic (exact) mass is 210 g/mol. The van der Waals surface area contributed by atoms with E-state index in [0.29, 0.717) is 0 Å². The molecule has 2 nitrogen and oxygen atoms in total. The fourth-order valence-electron chi connectivity index (χ4n) is 1.11. The maximum atomic E-state index is 5.21. The largest absolute Gasteiger partial charge is 0.360 e. The Kier molecular flexibility index (Phi) is 7.83. The maximum Gasteiger partial charge on any atom is 0.134 e. The van der Waals surface area contributed by atoms with Crippen LogP contribution < -0.4 is 0 Å². The lowest BCUT2D eigenvalue weighted by atomic mass is 10.6. The highest BCUT2D eigenvalue weighted by Gasteiger charge is 2.15. The van der Waals surface area contributed by atoms with Gasteiger partial charge in [0.15, 0.2) is 0 Å². The van der Waals surface area contributed by atoms with E-state index in [9.17, 15) is 0 Å². The summed E-state index contributed by atoms with van der Waals surface area (Å²) in [4.78, 5) is 0. The van der Waals surface area contributed by atoms with E-state index in [0.717, 1.165) is 5.75 Å². The summed E-state index contributed by atoms with van der Waals surface area (Å²) in [5, 5.41) is 0. The molecule has 0 aliphatic rings. The van der Waals surface area contributed by atoms with Crippen molar-refractivity contribution in [1.29, 1.82) is 0 Å². The fourth-order valence-corrected chi connectivity index (χ4v) is 6.54. The van der Waals surface area contributed by atoms with Gasteiger partial charge in [0.2, 0.25) is 0 Å². The lowest BCUT2D eigenvalue weighted by molar-refractivity contribution is -0.0453. The van der Waals surface area contributed by atoms with Gasteiger partial charge in [0.05, 0.1) is 8.31 Å². The molecule has 0 spiro atoms. The van der Waals surface area contributed by atoms with Gasteiger partial charge in [-0.15, -0.1) is 0 Å². The van der Waals surface area contributed by atoms with Crippen LogP contribution >= 0.6 is 12.6 Å². The summed E-state index contributed by atoms with van der Waals surface area (Å²) in [7, 11) is 4.03. The Morgan fingerprint density at radius 2 is 2.00 bits per heavy atom. The average Bonchev–Trinajstić information content (AvgIpc) is 2.03. The molecule has 0 aromatic rings. The van der Waals surface area contributed by atoms with E-state index >= 15 is 0 Å². The van der Waals surface area contributed by atoms with Gasteiger partial charge in [0, 0.05) is 24.0 Å². The van der Waals surface area contributed by atoms with Gasteiger partial charge in [0.25, 0.3) is 0 Å². The van der Waals surface area contributed by atoms with E-state index in [1.807, 2.05) is 0 Å². The molecule has 0 aliphatic carbocycles. The molecule has 0 aliphatic heterocycles. The van der Waals surface area contributed by atoms with Crippen molar-refractivity contribution >= 4 is 30.7 Å². The van der Waals surface area contributed by atoms with Gasteiger partial charge in [-0.05, 0) is 12.2 Å². The second-order valence-electron chi connectivity index (χ2n) is 2.68. The van der Waals surface area contributed by atoms with E-state index < -0.39 is 8.31 Å². The fraction of sp³-hybridized carbons (Fsp3) is 1.00. The Balaban J connectivity index is 3.51. The zero-order chi connectivity index (χ0) is 8.69. The third kappa shape index (κ3) is 5.02. The van der Waals surface area contributed by atoms with Crippen molar-refractivity contribution in [2.24, 2.45) is 0 Å². The quantitative estimate of drug-likeness (QED) is 0.364. The first-order valence-corrected chi connectivity index (χ1v) is 10.7. The van der Waals surface area contributed by atoms with Crippen molar-refractivity contribution in [2.75, 3.05) is 20.0 Å². The Morgan fingerprint density at radius 1 is 1.45 bits per heavy atom. The molecule has 5 heteroatoms. The van der Waals surface area contributed by atoms with E-state index in [4.69, 9.17) is 9.47 Å². The highest BCUT2D eigenvalue weighted by atomic mass is 32.1. The first-order chi connectivity index (χ1) is 5.26. The van der Waals surface area contributed by atoms with Crippen LogP contribution in [0.3, 0.4) is 0 Å². The van der Waals surface area contributed by atoms with Crippen LogP contribution in [-0.2, 0) is 9.47 Å². The van der Waals surface area contributed by atoms with E-state index in [2.05, 4.69) is 12.6 Å². The standard InChI is InChI=1S/C6H18O2SSi2/c1-7-6(8-2)11(10)5-3-4-9/h6,9,11H,3-5H2,1-2,10H3. The second-order valence-corrected chi connectivity index (χ2v) is 10.7. The van der Waals surface area contributed by atoms with Crippen LogP contribution in [0.25, 0.3) is 0 Å². The molecular weight excluding hydrogens is 192 g/mol. The first-order valence-electron chi connectivity index (χ1n) is 3.92. The summed E-state index contributed by atoms with van der Waals surface area (Å²) >= 11 is 4.18. The Bertz CT molecular complexity index is 90.7. The molecule has 0 N–H and O–H groups in total. The summed E-state index contributed by atoms with van der Waals surface area (Å²) in [5.74, 6) is 1.13. The number of thiol groups is 1. The van der Waals surface area contributed by atoms with Crippen molar-refractivity contribution in [1.82, 2.24) is 0 Å².